The van der Waals surface area contributed by atoms with Gasteiger partial charge in [-0.25, -0.2) is 4.79 Å². The van der Waals surface area contributed by atoms with Crippen LogP contribution < -0.4 is 4.74 Å². The summed E-state index contributed by atoms with van der Waals surface area (Å²) in [6.07, 6.45) is 0. The highest BCUT2D eigenvalue weighted by Gasteiger charge is 2.05. The lowest BCUT2D eigenvalue weighted by Crippen LogP contribution is -2.12. The second-order valence-electron chi connectivity index (χ2n) is 4.51. The molecule has 5 heteroatoms. The average Bonchev–Trinajstić information content (AvgIpc) is 2.52. The Balaban J connectivity index is 2.59. The third-order valence-electron chi connectivity index (χ3n) is 2.82. The highest BCUT2D eigenvalue weighted by atomic mass is 16.6. The van der Waals surface area contributed by atoms with E-state index in [1.165, 1.54) is 0 Å². The van der Waals surface area contributed by atoms with Crippen LogP contribution in [0.5, 0.6) is 5.75 Å². The fourth-order valence-electron chi connectivity index (χ4n) is 1.56. The minimum Gasteiger partial charge on any atom is -0.490 e. The molecule has 0 N–H and O–H groups in total. The predicted octanol–water partition coefficient (Wildman–Crippen LogP) is 3.01. The number of ether oxygens (including phenoxy) is 2. The molecule has 0 fully saturated rings. The van der Waals surface area contributed by atoms with E-state index in [0.29, 0.717) is 16.9 Å². The van der Waals surface area contributed by atoms with Crippen molar-refractivity contribution >= 4 is 11.5 Å². The number of esters is 1. The smallest absolute Gasteiger partial charge is 0.333 e. The molecule has 1 aromatic carbocycles. The third-order valence-corrected chi connectivity index (χ3v) is 2.82. The maximum Gasteiger partial charge on any atom is 0.333 e. The van der Waals surface area contributed by atoms with Crippen molar-refractivity contribution in [2.45, 2.75) is 13.8 Å². The summed E-state index contributed by atoms with van der Waals surface area (Å²) >= 11 is 0. The molecule has 0 atom stereocenters. The van der Waals surface area contributed by atoms with E-state index >= 15 is 0 Å². The SMILES string of the molecule is C=C(C)C(=O)OCCOc1ccc(C(C)=C(C#N)C#N)cc1. The Kier molecular flexibility index (Phi) is 6.40. The lowest BCUT2D eigenvalue weighted by Gasteiger charge is -2.08. The van der Waals surface area contributed by atoms with E-state index in [4.69, 9.17) is 20.0 Å². The lowest BCUT2D eigenvalue weighted by atomic mass is 10.0. The van der Waals surface area contributed by atoms with Crippen LogP contribution in [0, 0.1) is 22.7 Å². The maximum atomic E-state index is 11.2. The summed E-state index contributed by atoms with van der Waals surface area (Å²) in [5, 5.41) is 17.7. The van der Waals surface area contributed by atoms with Crippen molar-refractivity contribution in [1.82, 2.24) is 0 Å². The first kappa shape index (κ1) is 17.0. The van der Waals surface area contributed by atoms with E-state index < -0.39 is 5.97 Å². The van der Waals surface area contributed by atoms with Crippen molar-refractivity contribution in [1.29, 1.82) is 10.5 Å². The minimum absolute atomic E-state index is 0.0837. The zero-order valence-corrected chi connectivity index (χ0v) is 12.5. The van der Waals surface area contributed by atoms with Crippen LogP contribution in [0.4, 0.5) is 0 Å². The molecular weight excluding hydrogens is 280 g/mol. The molecular formula is C17H16N2O3. The van der Waals surface area contributed by atoms with Gasteiger partial charge in [0.25, 0.3) is 0 Å². The summed E-state index contributed by atoms with van der Waals surface area (Å²) in [4.78, 5) is 11.2. The van der Waals surface area contributed by atoms with Gasteiger partial charge in [-0.2, -0.15) is 10.5 Å². The molecule has 0 spiro atoms. The number of benzene rings is 1. The fourth-order valence-corrected chi connectivity index (χ4v) is 1.56. The molecule has 0 saturated heterocycles. The van der Waals surface area contributed by atoms with Crippen LogP contribution in [0.2, 0.25) is 0 Å². The first-order valence-electron chi connectivity index (χ1n) is 6.56. The molecule has 0 aliphatic rings. The molecule has 0 unspecified atom stereocenters. The highest BCUT2D eigenvalue weighted by Crippen LogP contribution is 2.20. The average molecular weight is 296 g/mol. The van der Waals surface area contributed by atoms with Gasteiger partial charge in [-0.05, 0) is 37.1 Å². The first-order chi connectivity index (χ1) is 10.5. The number of carbonyl (C=O) groups excluding carboxylic acids is 1. The Hall–Kier alpha value is -3.05. The van der Waals surface area contributed by atoms with Gasteiger partial charge < -0.3 is 9.47 Å². The normalized spacial score (nSPS) is 9.09. The summed E-state index contributed by atoms with van der Waals surface area (Å²) in [5.74, 6) is 0.165. The van der Waals surface area contributed by atoms with Crippen LogP contribution in [0.3, 0.4) is 0 Å². The van der Waals surface area contributed by atoms with Crippen LogP contribution in [0.1, 0.15) is 19.4 Å². The molecule has 0 saturated carbocycles. The number of hydrogen-bond donors (Lipinski definition) is 0. The third kappa shape index (κ3) is 4.81. The zero-order chi connectivity index (χ0) is 16.5. The van der Waals surface area contributed by atoms with Crippen molar-refractivity contribution in [3.05, 3.63) is 47.6 Å². The molecule has 0 aliphatic carbocycles. The summed E-state index contributed by atoms with van der Waals surface area (Å²) in [5.41, 5.74) is 1.82. The second-order valence-corrected chi connectivity index (χ2v) is 4.51. The van der Waals surface area contributed by atoms with Crippen LogP contribution in [0.15, 0.2) is 42.0 Å². The van der Waals surface area contributed by atoms with Crippen molar-refractivity contribution in [2.75, 3.05) is 13.2 Å². The van der Waals surface area contributed by atoms with Gasteiger partial charge in [-0.1, -0.05) is 18.7 Å². The van der Waals surface area contributed by atoms with Crippen molar-refractivity contribution < 1.29 is 14.3 Å². The van der Waals surface area contributed by atoms with E-state index in [-0.39, 0.29) is 18.8 Å². The van der Waals surface area contributed by atoms with Crippen LogP contribution in [-0.2, 0) is 9.53 Å². The van der Waals surface area contributed by atoms with Gasteiger partial charge in [0.15, 0.2) is 0 Å². The molecule has 1 aromatic rings. The van der Waals surface area contributed by atoms with Gasteiger partial charge in [0, 0.05) is 5.57 Å². The quantitative estimate of drug-likeness (QED) is 0.349. The van der Waals surface area contributed by atoms with Crippen LogP contribution in [-0.4, -0.2) is 19.2 Å². The molecule has 0 amide bonds. The number of nitrogens with zero attached hydrogens (tertiary/aromatic N) is 2. The number of allylic oxidation sites excluding steroid dienone is 2. The highest BCUT2D eigenvalue weighted by molar-refractivity contribution is 5.86. The van der Waals surface area contributed by atoms with Crippen LogP contribution >= 0.6 is 0 Å². The second kappa shape index (κ2) is 8.28. The summed E-state index contributed by atoms with van der Waals surface area (Å²) in [6, 6.07) is 10.7. The largest absolute Gasteiger partial charge is 0.490 e. The van der Waals surface area contributed by atoms with E-state index in [9.17, 15) is 4.79 Å². The van der Waals surface area contributed by atoms with Crippen LogP contribution in [0.25, 0.3) is 5.57 Å². The van der Waals surface area contributed by atoms with Gasteiger partial charge in [0.1, 0.15) is 36.7 Å². The summed E-state index contributed by atoms with van der Waals surface area (Å²) < 4.78 is 10.3. The molecule has 0 heterocycles. The van der Waals surface area contributed by atoms with Gasteiger partial charge >= 0.3 is 5.97 Å². The minimum atomic E-state index is -0.444. The van der Waals surface area contributed by atoms with Gasteiger partial charge in [-0.3, -0.25) is 0 Å². The molecule has 0 aromatic heterocycles. The van der Waals surface area contributed by atoms with Crippen molar-refractivity contribution in [3.63, 3.8) is 0 Å². The van der Waals surface area contributed by atoms with Crippen molar-refractivity contribution in [3.8, 4) is 17.9 Å². The predicted molar refractivity (Wildman–Crippen MR) is 81.5 cm³/mol. The monoisotopic (exact) mass is 296 g/mol. The Labute approximate surface area is 129 Å². The van der Waals surface area contributed by atoms with E-state index in [0.717, 1.165) is 5.56 Å². The Morgan fingerprint density at radius 2 is 1.73 bits per heavy atom. The zero-order valence-electron chi connectivity index (χ0n) is 12.5. The maximum absolute atomic E-state index is 11.2. The van der Waals surface area contributed by atoms with E-state index in [2.05, 4.69) is 6.58 Å². The molecule has 22 heavy (non-hydrogen) atoms. The fraction of sp³-hybridized carbons (Fsp3) is 0.235. The molecule has 0 bridgehead atoms. The number of hydrogen-bond acceptors (Lipinski definition) is 5. The molecule has 112 valence electrons. The number of nitriles is 2. The Bertz CT molecular complexity index is 657. The van der Waals surface area contributed by atoms with Gasteiger partial charge in [-0.15, -0.1) is 0 Å². The topological polar surface area (TPSA) is 83.1 Å². The first-order valence-corrected chi connectivity index (χ1v) is 6.56. The number of rotatable bonds is 6. The molecule has 0 aliphatic heterocycles. The Morgan fingerprint density at radius 3 is 2.23 bits per heavy atom. The van der Waals surface area contributed by atoms with Gasteiger partial charge in [0.05, 0.1) is 0 Å². The van der Waals surface area contributed by atoms with Gasteiger partial charge in [0.2, 0.25) is 0 Å². The lowest BCUT2D eigenvalue weighted by molar-refractivity contribution is -0.139. The molecule has 1 rings (SSSR count). The van der Waals surface area contributed by atoms with Crippen molar-refractivity contribution in [2.24, 2.45) is 0 Å². The standard InChI is InChI=1S/C17H16N2O3/c1-12(2)17(20)22-9-8-21-16-6-4-14(5-7-16)13(3)15(10-18)11-19/h4-7H,1,8-9H2,2-3H3. The summed E-state index contributed by atoms with van der Waals surface area (Å²) in [7, 11) is 0. The number of carbonyl (C=O) groups is 1. The summed E-state index contributed by atoms with van der Waals surface area (Å²) in [6.45, 7) is 7.14. The van der Waals surface area contributed by atoms with E-state index in [1.807, 2.05) is 12.1 Å². The molecule has 5 nitrogen and oxygen atoms in total. The Morgan fingerprint density at radius 1 is 1.14 bits per heavy atom. The van der Waals surface area contributed by atoms with E-state index in [1.54, 1.807) is 38.1 Å². The molecule has 0 radical (unpaired) electrons.